The number of aliphatic hydroxyl groups is 3. The van der Waals surface area contributed by atoms with Crippen LogP contribution in [0.15, 0.2) is 24.3 Å². The summed E-state index contributed by atoms with van der Waals surface area (Å²) >= 11 is 0. The van der Waals surface area contributed by atoms with Crippen LogP contribution in [-0.2, 0) is 30.0 Å². The van der Waals surface area contributed by atoms with Gasteiger partial charge in [0.25, 0.3) is 0 Å². The molecule has 0 aliphatic carbocycles. The van der Waals surface area contributed by atoms with E-state index in [-0.39, 0.29) is 25.9 Å². The van der Waals surface area contributed by atoms with Crippen molar-refractivity contribution in [2.45, 2.75) is 44.4 Å². The molecular formula is C18H23F3O8. The molecule has 11 heteroatoms. The number of ether oxygens (including phenoxy) is 3. The number of esters is 2. The Labute approximate surface area is 164 Å². The summed E-state index contributed by atoms with van der Waals surface area (Å²) in [6.45, 7) is 3.04. The lowest BCUT2D eigenvalue weighted by molar-refractivity contribution is -0.172. The van der Waals surface area contributed by atoms with E-state index >= 15 is 0 Å². The first kappa shape index (κ1) is 24.8. The van der Waals surface area contributed by atoms with Gasteiger partial charge in [-0.25, -0.2) is 9.59 Å². The predicted octanol–water partition coefficient (Wildman–Crippen LogP) is 0.972. The molecule has 1 aromatic rings. The van der Waals surface area contributed by atoms with Crippen molar-refractivity contribution in [3.05, 3.63) is 35.4 Å². The van der Waals surface area contributed by atoms with Gasteiger partial charge in [0.1, 0.15) is 12.2 Å². The van der Waals surface area contributed by atoms with Crippen LogP contribution in [-0.4, -0.2) is 65.4 Å². The molecule has 1 aromatic carbocycles. The number of alkyl halides is 3. The molecule has 1 aliphatic heterocycles. The van der Waals surface area contributed by atoms with Crippen LogP contribution in [0.4, 0.5) is 13.2 Å². The zero-order valence-corrected chi connectivity index (χ0v) is 15.8. The Morgan fingerprint density at radius 1 is 1.10 bits per heavy atom. The van der Waals surface area contributed by atoms with Crippen molar-refractivity contribution in [1.29, 1.82) is 0 Å². The third-order valence-electron chi connectivity index (χ3n) is 3.66. The summed E-state index contributed by atoms with van der Waals surface area (Å²) in [5.41, 5.74) is -0.226. The van der Waals surface area contributed by atoms with Crippen molar-refractivity contribution >= 4 is 11.9 Å². The Morgan fingerprint density at radius 3 is 2.00 bits per heavy atom. The first-order chi connectivity index (χ1) is 13.6. The van der Waals surface area contributed by atoms with Crippen LogP contribution in [0.3, 0.4) is 0 Å². The van der Waals surface area contributed by atoms with Crippen molar-refractivity contribution in [1.82, 2.24) is 0 Å². The maximum absolute atomic E-state index is 12.3. The van der Waals surface area contributed by atoms with Gasteiger partial charge in [-0.05, 0) is 31.5 Å². The fraction of sp³-hybridized carbons (Fsp3) is 0.556. The van der Waals surface area contributed by atoms with Crippen molar-refractivity contribution in [2.24, 2.45) is 0 Å². The molecule has 29 heavy (non-hydrogen) atoms. The Kier molecular flexibility index (Phi) is 9.50. The number of benzene rings is 1. The maximum atomic E-state index is 12.3. The second-order valence-corrected chi connectivity index (χ2v) is 5.79. The topological polar surface area (TPSA) is 126 Å². The number of carbonyl (C=O) groups is 2. The maximum Gasteiger partial charge on any atom is 0.416 e. The number of aliphatic hydroxyl groups excluding tert-OH is 3. The van der Waals surface area contributed by atoms with Crippen LogP contribution in [0.25, 0.3) is 0 Å². The summed E-state index contributed by atoms with van der Waals surface area (Å²) in [7, 11) is 0. The Balaban J connectivity index is 0.000000291. The fourth-order valence-electron chi connectivity index (χ4n) is 2.18. The lowest BCUT2D eigenvalue weighted by Crippen LogP contribution is -2.41. The highest BCUT2D eigenvalue weighted by molar-refractivity contribution is 5.85. The van der Waals surface area contributed by atoms with E-state index < -0.39 is 42.0 Å². The lowest BCUT2D eigenvalue weighted by atomic mass is 10.1. The standard InChI is InChI=1S/C10H9F3O2.C8H14O6/c11-10(12,13)7-3-1-2-6(4-7)9-8(5-14)15-9;1-3-13-7(11)5(9)6(10)8(12)14-4-2/h1-4,8-9,14H,5H2;5-6,9-10H,3-4H2,1-2H3/t8-,9-;5-,6-/m01/s1. The van der Waals surface area contributed by atoms with Gasteiger partial charge in [-0.3, -0.25) is 0 Å². The Morgan fingerprint density at radius 2 is 1.62 bits per heavy atom. The van der Waals surface area contributed by atoms with Gasteiger partial charge in [0, 0.05) is 0 Å². The number of hydrogen-bond donors (Lipinski definition) is 3. The molecule has 0 unspecified atom stereocenters. The minimum Gasteiger partial charge on any atom is -0.464 e. The Hall–Kier alpha value is -2.21. The monoisotopic (exact) mass is 424 g/mol. The average molecular weight is 424 g/mol. The summed E-state index contributed by atoms with van der Waals surface area (Å²) < 4.78 is 50.8. The summed E-state index contributed by atoms with van der Waals surface area (Å²) in [6, 6.07) is 4.98. The van der Waals surface area contributed by atoms with E-state index in [1.165, 1.54) is 6.07 Å². The van der Waals surface area contributed by atoms with Crippen LogP contribution in [0, 0.1) is 0 Å². The zero-order valence-electron chi connectivity index (χ0n) is 15.8. The van der Waals surface area contributed by atoms with E-state index in [1.807, 2.05) is 0 Å². The first-order valence-electron chi connectivity index (χ1n) is 8.69. The molecule has 3 N–H and O–H groups in total. The van der Waals surface area contributed by atoms with Gasteiger partial charge in [-0.2, -0.15) is 13.2 Å². The quantitative estimate of drug-likeness (QED) is 0.437. The van der Waals surface area contributed by atoms with E-state index in [4.69, 9.17) is 20.1 Å². The van der Waals surface area contributed by atoms with Crippen LogP contribution >= 0.6 is 0 Å². The third kappa shape index (κ3) is 7.61. The fourth-order valence-corrected chi connectivity index (χ4v) is 2.18. The van der Waals surface area contributed by atoms with Gasteiger partial charge in [0.2, 0.25) is 0 Å². The summed E-state index contributed by atoms with van der Waals surface area (Å²) in [6.07, 6.45) is -8.87. The molecule has 1 saturated heterocycles. The second kappa shape index (κ2) is 11.1. The predicted molar refractivity (Wildman–Crippen MR) is 91.4 cm³/mol. The number of rotatable bonds is 7. The molecule has 1 heterocycles. The van der Waals surface area contributed by atoms with Crippen molar-refractivity contribution in [3.8, 4) is 0 Å². The second-order valence-electron chi connectivity index (χ2n) is 5.79. The van der Waals surface area contributed by atoms with E-state index in [0.717, 1.165) is 12.1 Å². The van der Waals surface area contributed by atoms with E-state index in [0.29, 0.717) is 5.56 Å². The van der Waals surface area contributed by atoms with Gasteiger partial charge >= 0.3 is 18.1 Å². The number of epoxide rings is 1. The average Bonchev–Trinajstić information content (AvgIpc) is 3.47. The van der Waals surface area contributed by atoms with Crippen LogP contribution < -0.4 is 0 Å². The van der Waals surface area contributed by atoms with Crippen LogP contribution in [0.5, 0.6) is 0 Å². The molecular weight excluding hydrogens is 401 g/mol. The van der Waals surface area contributed by atoms with Gasteiger partial charge in [-0.15, -0.1) is 0 Å². The zero-order chi connectivity index (χ0) is 22.2. The molecule has 164 valence electrons. The van der Waals surface area contributed by atoms with Crippen LogP contribution in [0.2, 0.25) is 0 Å². The lowest BCUT2D eigenvalue weighted by Gasteiger charge is -2.14. The molecule has 0 saturated carbocycles. The van der Waals surface area contributed by atoms with Gasteiger partial charge in [0.15, 0.2) is 12.2 Å². The highest BCUT2D eigenvalue weighted by Crippen LogP contribution is 2.40. The number of carbonyl (C=O) groups excluding carboxylic acids is 2. The first-order valence-corrected chi connectivity index (χ1v) is 8.69. The molecule has 0 aromatic heterocycles. The molecule has 8 nitrogen and oxygen atoms in total. The van der Waals surface area contributed by atoms with Crippen molar-refractivity contribution in [2.75, 3.05) is 19.8 Å². The molecule has 1 fully saturated rings. The highest BCUT2D eigenvalue weighted by atomic mass is 19.4. The number of hydrogen-bond acceptors (Lipinski definition) is 8. The van der Waals surface area contributed by atoms with Gasteiger partial charge in [0.05, 0.1) is 25.4 Å². The minimum atomic E-state index is -4.33. The number of halogens is 3. The largest absolute Gasteiger partial charge is 0.464 e. The molecule has 0 spiro atoms. The molecule has 2 rings (SSSR count). The van der Waals surface area contributed by atoms with Gasteiger partial charge < -0.3 is 29.5 Å². The van der Waals surface area contributed by atoms with E-state index in [9.17, 15) is 22.8 Å². The molecule has 0 amide bonds. The normalized spacial score (nSPS) is 20.0. The summed E-state index contributed by atoms with van der Waals surface area (Å²) in [4.78, 5) is 21.7. The van der Waals surface area contributed by atoms with Crippen molar-refractivity contribution < 1.29 is 52.3 Å². The summed E-state index contributed by atoms with van der Waals surface area (Å²) in [5.74, 6) is -2.10. The highest BCUT2D eigenvalue weighted by Gasteiger charge is 2.40. The molecule has 0 bridgehead atoms. The van der Waals surface area contributed by atoms with E-state index in [1.54, 1.807) is 19.9 Å². The third-order valence-corrected chi connectivity index (χ3v) is 3.66. The SMILES string of the molecule is CCOC(=O)[C@H](O)[C@@H](O)C(=O)OCC.OC[C@@H]1O[C@H]1c1cccc(C(F)(F)F)c1. The minimum absolute atomic E-state index is 0.0610. The molecule has 0 radical (unpaired) electrons. The van der Waals surface area contributed by atoms with Crippen molar-refractivity contribution in [3.63, 3.8) is 0 Å². The summed E-state index contributed by atoms with van der Waals surface area (Å²) in [5, 5.41) is 26.9. The smallest absolute Gasteiger partial charge is 0.416 e. The van der Waals surface area contributed by atoms with E-state index in [2.05, 4.69) is 9.47 Å². The molecule has 1 aliphatic rings. The Bertz CT molecular complexity index is 657. The van der Waals surface area contributed by atoms with Crippen LogP contribution in [0.1, 0.15) is 31.1 Å². The van der Waals surface area contributed by atoms with Gasteiger partial charge in [-0.1, -0.05) is 12.1 Å². The molecule has 4 atom stereocenters.